The zero-order valence-electron chi connectivity index (χ0n) is 20.0. The molecule has 1 fully saturated rings. The summed E-state index contributed by atoms with van der Waals surface area (Å²) in [5, 5.41) is 5.15. The Morgan fingerprint density at radius 3 is 2.47 bits per heavy atom. The second kappa shape index (κ2) is 10.3. The van der Waals surface area contributed by atoms with Crippen LogP contribution in [0, 0.1) is 6.92 Å². The van der Waals surface area contributed by atoms with Crippen LogP contribution < -0.4 is 4.90 Å². The van der Waals surface area contributed by atoms with Crippen LogP contribution in [0.4, 0.5) is 5.82 Å². The maximum absolute atomic E-state index is 5.15. The Bertz CT molecular complexity index is 1000. The number of nitrogens with zero attached hydrogens (tertiary/aromatic N) is 6. The number of hydrogen-bond acceptors (Lipinski definition) is 5. The molecule has 3 heterocycles. The van der Waals surface area contributed by atoms with Crippen LogP contribution in [0.25, 0.3) is 5.69 Å². The normalized spacial score (nSPS) is 15.0. The molecule has 1 saturated heterocycles. The van der Waals surface area contributed by atoms with Gasteiger partial charge in [-0.2, -0.15) is 5.10 Å². The number of rotatable bonds is 8. The van der Waals surface area contributed by atoms with Crippen molar-refractivity contribution < 1.29 is 0 Å². The van der Waals surface area contributed by atoms with Crippen LogP contribution in [-0.4, -0.2) is 64.3 Å². The Hall–Kier alpha value is -2.70. The molecule has 6 heteroatoms. The Labute approximate surface area is 192 Å². The zero-order chi connectivity index (χ0) is 22.5. The Kier molecular flexibility index (Phi) is 7.22. The van der Waals surface area contributed by atoms with Crippen LogP contribution in [0.2, 0.25) is 0 Å². The van der Waals surface area contributed by atoms with Crippen molar-refractivity contribution in [2.24, 2.45) is 0 Å². The fourth-order valence-electron chi connectivity index (χ4n) is 4.47. The van der Waals surface area contributed by atoms with Gasteiger partial charge in [-0.15, -0.1) is 0 Å². The molecule has 2 aromatic heterocycles. The first-order valence-electron chi connectivity index (χ1n) is 11.8. The molecule has 0 amide bonds. The van der Waals surface area contributed by atoms with Gasteiger partial charge in [0.25, 0.3) is 0 Å². The summed E-state index contributed by atoms with van der Waals surface area (Å²) >= 11 is 0. The standard InChI is InChI=1S/C26H36N6/c1-5-25-24(20-30(6-2)19-22-10-8-12-27-18-22)26(31-15-13-29(4)14-16-31)32(28-25)23-11-7-9-21(3)17-23/h7-12,17-18H,5-6,13-16,19-20H2,1-4H3. The highest BCUT2D eigenvalue weighted by Crippen LogP contribution is 2.31. The molecule has 170 valence electrons. The summed E-state index contributed by atoms with van der Waals surface area (Å²) in [7, 11) is 2.21. The highest BCUT2D eigenvalue weighted by molar-refractivity contribution is 5.56. The van der Waals surface area contributed by atoms with Gasteiger partial charge in [0, 0.05) is 57.2 Å². The summed E-state index contributed by atoms with van der Waals surface area (Å²) in [6.45, 7) is 13.6. The number of anilines is 1. The average molecular weight is 433 g/mol. The lowest BCUT2D eigenvalue weighted by Gasteiger charge is -2.35. The molecule has 0 unspecified atom stereocenters. The van der Waals surface area contributed by atoms with E-state index in [1.54, 1.807) is 0 Å². The van der Waals surface area contributed by atoms with Crippen LogP contribution in [0.15, 0.2) is 48.8 Å². The van der Waals surface area contributed by atoms with E-state index < -0.39 is 0 Å². The maximum atomic E-state index is 5.15. The third kappa shape index (κ3) is 5.03. The van der Waals surface area contributed by atoms with E-state index in [4.69, 9.17) is 5.10 Å². The molecule has 0 spiro atoms. The molecule has 0 bridgehead atoms. The largest absolute Gasteiger partial charge is 0.354 e. The van der Waals surface area contributed by atoms with Gasteiger partial charge in [0.05, 0.1) is 11.4 Å². The van der Waals surface area contributed by atoms with Crippen molar-refractivity contribution in [2.75, 3.05) is 44.7 Å². The number of piperazine rings is 1. The first kappa shape index (κ1) is 22.5. The number of aryl methyl sites for hydroxylation is 2. The van der Waals surface area contributed by atoms with Gasteiger partial charge >= 0.3 is 0 Å². The molecule has 1 aliphatic heterocycles. The lowest BCUT2D eigenvalue weighted by Crippen LogP contribution is -2.45. The second-order valence-electron chi connectivity index (χ2n) is 8.81. The van der Waals surface area contributed by atoms with Crippen LogP contribution in [0.1, 0.15) is 36.2 Å². The van der Waals surface area contributed by atoms with E-state index >= 15 is 0 Å². The lowest BCUT2D eigenvalue weighted by atomic mass is 10.1. The number of aromatic nitrogens is 3. The highest BCUT2D eigenvalue weighted by atomic mass is 15.4. The third-order valence-electron chi connectivity index (χ3n) is 6.38. The molecule has 0 aliphatic carbocycles. The molecule has 0 N–H and O–H groups in total. The maximum Gasteiger partial charge on any atom is 0.137 e. The minimum atomic E-state index is 0.891. The molecule has 32 heavy (non-hydrogen) atoms. The molecule has 1 aliphatic rings. The van der Waals surface area contributed by atoms with Gasteiger partial charge in [-0.25, -0.2) is 4.68 Å². The molecule has 0 radical (unpaired) electrons. The minimum absolute atomic E-state index is 0.891. The predicted octanol–water partition coefficient (Wildman–Crippen LogP) is 3.91. The van der Waals surface area contributed by atoms with Crippen LogP contribution in [-0.2, 0) is 19.5 Å². The van der Waals surface area contributed by atoms with Crippen molar-refractivity contribution in [1.29, 1.82) is 0 Å². The number of hydrogen-bond donors (Lipinski definition) is 0. The van der Waals surface area contributed by atoms with Gasteiger partial charge in [0.15, 0.2) is 0 Å². The minimum Gasteiger partial charge on any atom is -0.354 e. The van der Waals surface area contributed by atoms with Crippen LogP contribution >= 0.6 is 0 Å². The first-order valence-corrected chi connectivity index (χ1v) is 11.8. The smallest absolute Gasteiger partial charge is 0.137 e. The fourth-order valence-corrected chi connectivity index (χ4v) is 4.47. The molecule has 1 aromatic carbocycles. The van der Waals surface area contributed by atoms with Crippen molar-refractivity contribution in [3.8, 4) is 5.69 Å². The summed E-state index contributed by atoms with van der Waals surface area (Å²) in [6, 6.07) is 12.9. The summed E-state index contributed by atoms with van der Waals surface area (Å²) < 4.78 is 2.20. The number of benzene rings is 1. The molecule has 6 nitrogen and oxygen atoms in total. The molecular weight excluding hydrogens is 396 g/mol. The first-order chi connectivity index (χ1) is 15.6. The summed E-state index contributed by atoms with van der Waals surface area (Å²) in [5.41, 5.74) is 6.22. The second-order valence-corrected chi connectivity index (χ2v) is 8.81. The monoisotopic (exact) mass is 432 g/mol. The van der Waals surface area contributed by atoms with Crippen molar-refractivity contribution in [1.82, 2.24) is 24.6 Å². The summed E-state index contributed by atoms with van der Waals surface area (Å²) in [5.74, 6) is 1.27. The topological polar surface area (TPSA) is 40.4 Å². The molecular formula is C26H36N6. The van der Waals surface area contributed by atoms with Gasteiger partial charge < -0.3 is 9.80 Å². The Morgan fingerprint density at radius 2 is 1.81 bits per heavy atom. The molecule has 0 atom stereocenters. The fraction of sp³-hybridized carbons (Fsp3) is 0.462. The Morgan fingerprint density at radius 1 is 1.00 bits per heavy atom. The van der Waals surface area contributed by atoms with Gasteiger partial charge in [-0.1, -0.05) is 32.0 Å². The van der Waals surface area contributed by atoms with E-state index in [9.17, 15) is 0 Å². The molecule has 4 rings (SSSR count). The van der Waals surface area contributed by atoms with E-state index in [1.165, 1.54) is 28.2 Å². The number of likely N-dealkylation sites (N-methyl/N-ethyl adjacent to an activating group) is 1. The highest BCUT2D eigenvalue weighted by Gasteiger charge is 2.26. The molecule has 3 aromatic rings. The SMILES string of the molecule is CCc1nn(-c2cccc(C)c2)c(N2CCN(C)CC2)c1CN(CC)Cc1cccnc1. The van der Waals surface area contributed by atoms with E-state index in [1.807, 2.05) is 18.5 Å². The average Bonchev–Trinajstić information content (AvgIpc) is 3.18. The lowest BCUT2D eigenvalue weighted by molar-refractivity contribution is 0.269. The summed E-state index contributed by atoms with van der Waals surface area (Å²) in [6.07, 6.45) is 4.74. The van der Waals surface area contributed by atoms with E-state index in [0.717, 1.165) is 57.9 Å². The molecule has 0 saturated carbocycles. The van der Waals surface area contributed by atoms with Crippen molar-refractivity contribution >= 4 is 5.82 Å². The van der Waals surface area contributed by atoms with Crippen molar-refractivity contribution in [3.05, 3.63) is 71.2 Å². The van der Waals surface area contributed by atoms with Gasteiger partial charge in [-0.3, -0.25) is 9.88 Å². The van der Waals surface area contributed by atoms with Gasteiger partial charge in [-0.05, 0) is 56.3 Å². The third-order valence-corrected chi connectivity index (χ3v) is 6.38. The van der Waals surface area contributed by atoms with E-state index in [-0.39, 0.29) is 0 Å². The van der Waals surface area contributed by atoms with E-state index in [0.29, 0.717) is 0 Å². The zero-order valence-corrected chi connectivity index (χ0v) is 20.0. The van der Waals surface area contributed by atoms with E-state index in [2.05, 4.69) is 82.5 Å². The van der Waals surface area contributed by atoms with Gasteiger partial charge in [0.2, 0.25) is 0 Å². The van der Waals surface area contributed by atoms with Crippen molar-refractivity contribution in [3.63, 3.8) is 0 Å². The predicted molar refractivity (Wildman–Crippen MR) is 131 cm³/mol. The summed E-state index contributed by atoms with van der Waals surface area (Å²) in [4.78, 5) is 11.8. The number of pyridine rings is 1. The van der Waals surface area contributed by atoms with Gasteiger partial charge in [0.1, 0.15) is 5.82 Å². The van der Waals surface area contributed by atoms with Crippen LogP contribution in [0.5, 0.6) is 0 Å². The quantitative estimate of drug-likeness (QED) is 0.540. The van der Waals surface area contributed by atoms with Crippen molar-refractivity contribution in [2.45, 2.75) is 40.3 Å². The Balaban J connectivity index is 1.74. The van der Waals surface area contributed by atoms with Crippen LogP contribution in [0.3, 0.4) is 0 Å².